The van der Waals surface area contributed by atoms with Crippen LogP contribution in [0.4, 0.5) is 4.79 Å². The van der Waals surface area contributed by atoms with Crippen LogP contribution in [-0.4, -0.2) is 23.5 Å². The quantitative estimate of drug-likeness (QED) is 0.870. The van der Waals surface area contributed by atoms with E-state index in [2.05, 4.69) is 21.2 Å². The van der Waals surface area contributed by atoms with E-state index in [0.29, 0.717) is 17.6 Å². The Hall–Kier alpha value is -0.740. The summed E-state index contributed by atoms with van der Waals surface area (Å²) in [7, 11) is 0. The van der Waals surface area contributed by atoms with Crippen molar-refractivity contribution in [3.05, 3.63) is 33.3 Å². The van der Waals surface area contributed by atoms with Gasteiger partial charge in [-0.2, -0.15) is 0 Å². The molecule has 2 fully saturated rings. The van der Waals surface area contributed by atoms with Crippen LogP contribution in [0.2, 0.25) is 5.02 Å². The molecule has 3 nitrogen and oxygen atoms in total. The van der Waals surface area contributed by atoms with Crippen molar-refractivity contribution in [2.75, 3.05) is 6.54 Å². The van der Waals surface area contributed by atoms with E-state index in [0.717, 1.165) is 28.9 Å². The molecule has 1 N–H and O–H groups in total. The number of fused-ring (bicyclic) bond motifs is 2. The molecule has 0 radical (unpaired) electrons. The van der Waals surface area contributed by atoms with Crippen LogP contribution in [0.25, 0.3) is 0 Å². The summed E-state index contributed by atoms with van der Waals surface area (Å²) in [6.45, 7) is 1.41. The minimum absolute atomic E-state index is 0.0474. The van der Waals surface area contributed by atoms with Gasteiger partial charge in [-0.1, -0.05) is 33.6 Å². The van der Waals surface area contributed by atoms with Gasteiger partial charge in [0.1, 0.15) is 0 Å². The summed E-state index contributed by atoms with van der Waals surface area (Å²) in [5.74, 6) is 0.729. The maximum atomic E-state index is 12.1. The molecule has 1 heterocycles. The Morgan fingerprint density at radius 2 is 2.32 bits per heavy atom. The molecular formula is C14H16BrClN2O. The van der Waals surface area contributed by atoms with E-state index in [9.17, 15) is 4.79 Å². The van der Waals surface area contributed by atoms with Crippen LogP contribution in [0.1, 0.15) is 24.8 Å². The highest BCUT2D eigenvalue weighted by molar-refractivity contribution is 9.10. The van der Waals surface area contributed by atoms with Gasteiger partial charge in [-0.15, -0.1) is 0 Å². The summed E-state index contributed by atoms with van der Waals surface area (Å²) >= 11 is 9.51. The number of hydrogen-bond acceptors (Lipinski definition) is 1. The van der Waals surface area contributed by atoms with Gasteiger partial charge in [0, 0.05) is 28.6 Å². The van der Waals surface area contributed by atoms with E-state index in [1.54, 1.807) is 0 Å². The molecule has 1 saturated heterocycles. The topological polar surface area (TPSA) is 32.3 Å². The number of piperidine rings is 1. The zero-order valence-corrected chi connectivity index (χ0v) is 12.9. The predicted octanol–water partition coefficient (Wildman–Crippen LogP) is 3.80. The van der Waals surface area contributed by atoms with Crippen molar-refractivity contribution in [3.8, 4) is 0 Å². The summed E-state index contributed by atoms with van der Waals surface area (Å²) in [6, 6.07) is 6.23. The van der Waals surface area contributed by atoms with E-state index in [1.165, 1.54) is 12.8 Å². The van der Waals surface area contributed by atoms with Crippen LogP contribution in [0.15, 0.2) is 22.7 Å². The molecule has 2 amide bonds. The Labute approximate surface area is 126 Å². The Kier molecular flexibility index (Phi) is 3.72. The number of likely N-dealkylation sites (tertiary alicyclic amines) is 1. The lowest BCUT2D eigenvalue weighted by Crippen LogP contribution is -2.44. The number of amides is 2. The summed E-state index contributed by atoms with van der Waals surface area (Å²) in [4.78, 5) is 14.1. The van der Waals surface area contributed by atoms with E-state index in [1.807, 2.05) is 23.1 Å². The van der Waals surface area contributed by atoms with Crippen LogP contribution in [0.3, 0.4) is 0 Å². The molecule has 2 unspecified atom stereocenters. The van der Waals surface area contributed by atoms with Gasteiger partial charge >= 0.3 is 6.03 Å². The Morgan fingerprint density at radius 1 is 1.47 bits per heavy atom. The minimum atomic E-state index is 0.0474. The molecule has 2 bridgehead atoms. The molecule has 1 aromatic carbocycles. The second-order valence-electron chi connectivity index (χ2n) is 5.38. The number of carbonyl (C=O) groups is 1. The Morgan fingerprint density at radius 3 is 2.95 bits per heavy atom. The van der Waals surface area contributed by atoms with Gasteiger partial charge in [0.25, 0.3) is 0 Å². The number of urea groups is 1. The van der Waals surface area contributed by atoms with Crippen LogP contribution in [-0.2, 0) is 6.54 Å². The lowest BCUT2D eigenvalue weighted by Gasteiger charge is -2.27. The van der Waals surface area contributed by atoms with Crippen molar-refractivity contribution in [1.82, 2.24) is 10.2 Å². The molecule has 102 valence electrons. The Balaban J connectivity index is 1.58. The van der Waals surface area contributed by atoms with Gasteiger partial charge in [0.15, 0.2) is 0 Å². The Bertz CT molecular complexity index is 508. The van der Waals surface area contributed by atoms with Crippen LogP contribution in [0, 0.1) is 5.92 Å². The summed E-state index contributed by atoms with van der Waals surface area (Å²) in [6.07, 6.45) is 3.64. The van der Waals surface area contributed by atoms with Crippen molar-refractivity contribution in [1.29, 1.82) is 0 Å². The smallest absolute Gasteiger partial charge is 0.317 e. The highest BCUT2D eigenvalue weighted by atomic mass is 79.9. The average molecular weight is 344 g/mol. The summed E-state index contributed by atoms with van der Waals surface area (Å²) in [5, 5.41) is 3.65. The number of benzene rings is 1. The fourth-order valence-electron chi connectivity index (χ4n) is 3.11. The van der Waals surface area contributed by atoms with E-state index < -0.39 is 0 Å². The van der Waals surface area contributed by atoms with Crippen molar-refractivity contribution >= 4 is 33.6 Å². The first kappa shape index (κ1) is 13.3. The van der Waals surface area contributed by atoms with E-state index in [-0.39, 0.29) is 6.03 Å². The predicted molar refractivity (Wildman–Crippen MR) is 79.2 cm³/mol. The second-order valence-corrected chi connectivity index (χ2v) is 6.70. The molecule has 1 aromatic rings. The first-order chi connectivity index (χ1) is 9.13. The number of rotatable bonds is 2. The molecule has 3 rings (SSSR count). The molecule has 1 aliphatic carbocycles. The third-order valence-electron chi connectivity index (χ3n) is 4.12. The molecule has 2 atom stereocenters. The molecule has 1 saturated carbocycles. The summed E-state index contributed by atoms with van der Waals surface area (Å²) < 4.78 is 0.949. The minimum Gasteiger partial charge on any atom is -0.334 e. The van der Waals surface area contributed by atoms with Crippen LogP contribution < -0.4 is 5.32 Å². The van der Waals surface area contributed by atoms with Gasteiger partial charge in [-0.25, -0.2) is 4.79 Å². The molecule has 1 aliphatic heterocycles. The maximum absolute atomic E-state index is 12.1. The molecule has 0 spiro atoms. The lowest BCUT2D eigenvalue weighted by atomic mass is 10.1. The van der Waals surface area contributed by atoms with Crippen LogP contribution in [0.5, 0.6) is 0 Å². The normalized spacial score (nSPS) is 24.8. The number of nitrogens with zero attached hydrogens (tertiary/aromatic N) is 1. The van der Waals surface area contributed by atoms with Gasteiger partial charge in [-0.3, -0.25) is 0 Å². The second kappa shape index (κ2) is 5.33. The monoisotopic (exact) mass is 342 g/mol. The number of halogens is 2. The van der Waals surface area contributed by atoms with Gasteiger partial charge in [-0.05, 0) is 42.9 Å². The van der Waals surface area contributed by atoms with Crippen molar-refractivity contribution in [2.45, 2.75) is 31.8 Å². The van der Waals surface area contributed by atoms with Crippen molar-refractivity contribution in [3.63, 3.8) is 0 Å². The number of carbonyl (C=O) groups excluding carboxylic acids is 1. The molecular weight excluding hydrogens is 328 g/mol. The fourth-order valence-corrected chi connectivity index (χ4v) is 3.85. The molecule has 0 aromatic heterocycles. The fraction of sp³-hybridized carbons (Fsp3) is 0.500. The highest BCUT2D eigenvalue weighted by Gasteiger charge is 2.40. The number of hydrogen-bond donors (Lipinski definition) is 1. The zero-order valence-electron chi connectivity index (χ0n) is 10.5. The number of nitrogens with one attached hydrogen (secondary N) is 1. The van der Waals surface area contributed by atoms with Crippen molar-refractivity contribution < 1.29 is 4.79 Å². The zero-order chi connectivity index (χ0) is 13.4. The third-order valence-corrected chi connectivity index (χ3v) is 4.96. The highest BCUT2D eigenvalue weighted by Crippen LogP contribution is 2.37. The SMILES string of the molecule is O=C(NCc1ccc(Br)cc1Cl)N1CC2CCC1C2. The molecule has 5 heteroatoms. The van der Waals surface area contributed by atoms with Crippen molar-refractivity contribution in [2.24, 2.45) is 5.92 Å². The van der Waals surface area contributed by atoms with Crippen LogP contribution >= 0.6 is 27.5 Å². The first-order valence-electron chi connectivity index (χ1n) is 6.62. The maximum Gasteiger partial charge on any atom is 0.317 e. The molecule has 2 aliphatic rings. The molecule has 19 heavy (non-hydrogen) atoms. The lowest BCUT2D eigenvalue weighted by molar-refractivity contribution is 0.180. The van der Waals surface area contributed by atoms with Gasteiger partial charge in [0.2, 0.25) is 0 Å². The van der Waals surface area contributed by atoms with E-state index in [4.69, 9.17) is 11.6 Å². The average Bonchev–Trinajstić information content (AvgIpc) is 2.99. The van der Waals surface area contributed by atoms with Gasteiger partial charge < -0.3 is 10.2 Å². The van der Waals surface area contributed by atoms with E-state index >= 15 is 0 Å². The first-order valence-corrected chi connectivity index (χ1v) is 7.79. The van der Waals surface area contributed by atoms with Gasteiger partial charge in [0.05, 0.1) is 0 Å². The third kappa shape index (κ3) is 2.75. The summed E-state index contributed by atoms with van der Waals surface area (Å²) in [5.41, 5.74) is 0.947. The largest absolute Gasteiger partial charge is 0.334 e. The standard InChI is InChI=1S/C14H16BrClN2O/c15-11-3-2-10(13(16)6-11)7-17-14(19)18-8-9-1-4-12(18)5-9/h2-3,6,9,12H,1,4-5,7-8H2,(H,17,19).